The summed E-state index contributed by atoms with van der Waals surface area (Å²) < 4.78 is 6.76. The van der Waals surface area contributed by atoms with Crippen LogP contribution in [-0.4, -0.2) is 16.1 Å². The van der Waals surface area contributed by atoms with Gasteiger partial charge in [-0.05, 0) is 76.4 Å². The van der Waals surface area contributed by atoms with Crippen molar-refractivity contribution in [2.24, 2.45) is 4.99 Å². The normalized spacial score (nSPS) is 25.8. The third kappa shape index (κ3) is 2.39. The first-order chi connectivity index (χ1) is 6.57. The largest absolute Gasteiger partial charge is 0.458 e. The molecule has 0 N–H and O–H groups in total. The Balaban J connectivity index is 2.22. The van der Waals surface area contributed by atoms with E-state index in [2.05, 4.69) is 62.3 Å². The highest BCUT2D eigenvalue weighted by Gasteiger charge is 2.29. The van der Waals surface area contributed by atoms with E-state index in [1.54, 1.807) is 0 Å². The van der Waals surface area contributed by atoms with E-state index >= 15 is 0 Å². The second-order valence-corrected chi connectivity index (χ2v) is 6.86. The predicted molar refractivity (Wildman–Crippen MR) is 74.1 cm³/mol. The van der Waals surface area contributed by atoms with Gasteiger partial charge in [0.15, 0.2) is 3.61 Å². The minimum absolute atomic E-state index is 0.171. The molecule has 2 rings (SSSR count). The van der Waals surface area contributed by atoms with Gasteiger partial charge < -0.3 is 4.74 Å². The minimum Gasteiger partial charge on any atom is -0.458 e. The van der Waals surface area contributed by atoms with Crippen molar-refractivity contribution in [1.82, 2.24) is 0 Å². The number of halogens is 2. The summed E-state index contributed by atoms with van der Waals surface area (Å²) in [5.74, 6) is 0.762. The predicted octanol–water partition coefficient (Wildman–Crippen LogP) is 3.22. The lowest BCUT2D eigenvalue weighted by Gasteiger charge is -2.15. The molecule has 2 nitrogen and oxygen atoms in total. The van der Waals surface area contributed by atoms with Crippen LogP contribution < -0.4 is 0 Å². The fourth-order valence-corrected chi connectivity index (χ4v) is 1.96. The Kier molecular flexibility index (Phi) is 3.01. The quantitative estimate of drug-likeness (QED) is 0.512. The molecule has 1 heterocycles. The molecule has 0 amide bonds. The van der Waals surface area contributed by atoms with E-state index in [-0.39, 0.29) is 3.61 Å². The molecule has 0 spiro atoms. The number of ether oxygens (including phenoxy) is 1. The van der Waals surface area contributed by atoms with Crippen LogP contribution >= 0.6 is 45.2 Å². The van der Waals surface area contributed by atoms with Crippen molar-refractivity contribution in [3.8, 4) is 0 Å². The average molecular weight is 413 g/mol. The lowest BCUT2D eigenvalue weighted by molar-refractivity contribution is 0.228. The highest BCUT2D eigenvalue weighted by atomic mass is 127. The molecule has 1 aromatic rings. The maximum atomic E-state index is 5.71. The number of hydrogen-bond donors (Lipinski definition) is 0. The van der Waals surface area contributed by atoms with Gasteiger partial charge in [0.05, 0.1) is 6.54 Å². The third-order valence-corrected chi connectivity index (χ3v) is 3.19. The van der Waals surface area contributed by atoms with Crippen molar-refractivity contribution in [2.75, 3.05) is 6.54 Å². The van der Waals surface area contributed by atoms with Gasteiger partial charge >= 0.3 is 0 Å². The Labute approximate surface area is 110 Å². The van der Waals surface area contributed by atoms with Crippen LogP contribution in [0.4, 0.5) is 0 Å². The molecule has 1 atom stereocenters. The first-order valence-corrected chi connectivity index (χ1v) is 6.41. The Morgan fingerprint density at radius 2 is 2.00 bits per heavy atom. The molecule has 0 bridgehead atoms. The molecule has 4 heteroatoms. The van der Waals surface area contributed by atoms with Gasteiger partial charge in [0.25, 0.3) is 0 Å². The average Bonchev–Trinajstić information content (AvgIpc) is 2.47. The van der Waals surface area contributed by atoms with Crippen LogP contribution in [0.1, 0.15) is 12.5 Å². The smallest absolute Gasteiger partial charge is 0.217 e. The molecular formula is C10H9I2NO. The van der Waals surface area contributed by atoms with E-state index in [0.29, 0.717) is 0 Å². The summed E-state index contributed by atoms with van der Waals surface area (Å²) >= 11 is 4.56. The molecule has 0 saturated heterocycles. The van der Waals surface area contributed by atoms with Gasteiger partial charge in [0.1, 0.15) is 0 Å². The molecule has 0 fully saturated rings. The molecular weight excluding hydrogens is 404 g/mol. The van der Waals surface area contributed by atoms with Gasteiger partial charge in [0, 0.05) is 9.13 Å². The summed E-state index contributed by atoms with van der Waals surface area (Å²) in [4.78, 5) is 4.37. The second kappa shape index (κ2) is 3.96. The van der Waals surface area contributed by atoms with Crippen LogP contribution in [0.5, 0.6) is 0 Å². The van der Waals surface area contributed by atoms with E-state index in [4.69, 9.17) is 4.74 Å². The number of rotatable bonds is 1. The molecule has 0 saturated carbocycles. The molecule has 14 heavy (non-hydrogen) atoms. The van der Waals surface area contributed by atoms with Gasteiger partial charge in [-0.15, -0.1) is 0 Å². The van der Waals surface area contributed by atoms with Crippen molar-refractivity contribution in [3.63, 3.8) is 0 Å². The molecule has 74 valence electrons. The van der Waals surface area contributed by atoms with Crippen molar-refractivity contribution in [3.05, 3.63) is 33.4 Å². The standard InChI is InChI=1S/C10H9I2NO/c1-10(12)6-13-9(14-10)7-2-4-8(11)5-3-7/h2-5H,6H2,1H3. The highest BCUT2D eigenvalue weighted by molar-refractivity contribution is 14.1. The number of alkyl halides is 1. The molecule has 0 radical (unpaired) electrons. The van der Waals surface area contributed by atoms with Gasteiger partial charge in [-0.25, -0.2) is 4.99 Å². The SMILES string of the molecule is CC1(I)CN=C(c2ccc(I)cc2)O1. The van der Waals surface area contributed by atoms with E-state index in [0.717, 1.165) is 18.0 Å². The van der Waals surface area contributed by atoms with Crippen LogP contribution in [0.25, 0.3) is 0 Å². The maximum Gasteiger partial charge on any atom is 0.217 e. The Morgan fingerprint density at radius 3 is 2.50 bits per heavy atom. The first kappa shape index (κ1) is 10.7. The van der Waals surface area contributed by atoms with Gasteiger partial charge in [-0.3, -0.25) is 0 Å². The molecule has 1 aliphatic rings. The van der Waals surface area contributed by atoms with E-state index < -0.39 is 0 Å². The zero-order chi connectivity index (χ0) is 10.2. The lowest BCUT2D eigenvalue weighted by Crippen LogP contribution is -2.20. The zero-order valence-electron chi connectivity index (χ0n) is 7.63. The van der Waals surface area contributed by atoms with E-state index in [1.807, 2.05) is 19.1 Å². The Morgan fingerprint density at radius 1 is 1.36 bits per heavy atom. The Bertz CT molecular complexity index is 370. The fourth-order valence-electron chi connectivity index (χ4n) is 1.22. The van der Waals surface area contributed by atoms with Gasteiger partial charge in [-0.2, -0.15) is 0 Å². The molecule has 0 aliphatic carbocycles. The van der Waals surface area contributed by atoms with Gasteiger partial charge in [-0.1, -0.05) is 0 Å². The van der Waals surface area contributed by atoms with Crippen LogP contribution in [-0.2, 0) is 4.74 Å². The number of aliphatic imine (C=N–C) groups is 1. The van der Waals surface area contributed by atoms with Gasteiger partial charge in [0.2, 0.25) is 5.90 Å². The van der Waals surface area contributed by atoms with Crippen LogP contribution in [0.2, 0.25) is 0 Å². The maximum absolute atomic E-state index is 5.71. The van der Waals surface area contributed by atoms with E-state index in [1.165, 1.54) is 3.57 Å². The van der Waals surface area contributed by atoms with E-state index in [9.17, 15) is 0 Å². The third-order valence-electron chi connectivity index (χ3n) is 1.91. The molecule has 1 aliphatic heterocycles. The lowest BCUT2D eigenvalue weighted by atomic mass is 10.2. The summed E-state index contributed by atoms with van der Waals surface area (Å²) in [7, 11) is 0. The Hall–Kier alpha value is 0.150. The van der Waals surface area contributed by atoms with Crippen molar-refractivity contribution in [1.29, 1.82) is 0 Å². The highest BCUT2D eigenvalue weighted by Crippen LogP contribution is 2.27. The monoisotopic (exact) mass is 413 g/mol. The summed E-state index contributed by atoms with van der Waals surface area (Å²) in [6, 6.07) is 8.20. The number of benzene rings is 1. The van der Waals surface area contributed by atoms with Crippen molar-refractivity contribution in [2.45, 2.75) is 10.5 Å². The number of nitrogens with zero attached hydrogens (tertiary/aromatic N) is 1. The van der Waals surface area contributed by atoms with Crippen LogP contribution in [0, 0.1) is 3.57 Å². The van der Waals surface area contributed by atoms with Crippen molar-refractivity contribution >= 4 is 51.1 Å². The summed E-state index contributed by atoms with van der Waals surface area (Å²) in [6.07, 6.45) is 0. The molecule has 0 aromatic heterocycles. The summed E-state index contributed by atoms with van der Waals surface area (Å²) in [5.41, 5.74) is 1.06. The minimum atomic E-state index is -0.171. The fraction of sp³-hybridized carbons (Fsp3) is 0.300. The van der Waals surface area contributed by atoms with Crippen LogP contribution in [0.3, 0.4) is 0 Å². The van der Waals surface area contributed by atoms with Crippen molar-refractivity contribution < 1.29 is 4.74 Å². The second-order valence-electron chi connectivity index (χ2n) is 3.33. The summed E-state index contributed by atoms with van der Waals surface area (Å²) in [6.45, 7) is 2.77. The number of hydrogen-bond acceptors (Lipinski definition) is 2. The van der Waals surface area contributed by atoms with Crippen LogP contribution in [0.15, 0.2) is 29.3 Å². The molecule has 1 unspecified atom stereocenters. The summed E-state index contributed by atoms with van der Waals surface area (Å²) in [5, 5.41) is 0. The first-order valence-electron chi connectivity index (χ1n) is 4.25. The molecule has 1 aromatic carbocycles. The topological polar surface area (TPSA) is 21.6 Å². The zero-order valence-corrected chi connectivity index (χ0v) is 11.9.